The van der Waals surface area contributed by atoms with Crippen LogP contribution in [0.1, 0.15) is 36.4 Å². The van der Waals surface area contributed by atoms with Gasteiger partial charge in [0.1, 0.15) is 0 Å². The zero-order valence-electron chi connectivity index (χ0n) is 19.7. The first-order chi connectivity index (χ1) is 15.8. The Morgan fingerprint density at radius 1 is 0.939 bits per heavy atom. The Kier molecular flexibility index (Phi) is 6.05. The van der Waals surface area contributed by atoms with E-state index in [4.69, 9.17) is 4.74 Å². The van der Waals surface area contributed by atoms with E-state index >= 15 is 0 Å². The number of anilines is 1. The number of nitrogens with zero attached hydrogens (tertiary/aromatic N) is 2. The molecule has 1 aliphatic rings. The molecule has 0 N–H and O–H groups in total. The highest BCUT2D eigenvalue weighted by atomic mass is 16.5. The summed E-state index contributed by atoms with van der Waals surface area (Å²) >= 11 is 0. The minimum Gasteiger partial charge on any atom is -0.462 e. The van der Waals surface area contributed by atoms with E-state index in [0.29, 0.717) is 16.8 Å². The third-order valence-electron chi connectivity index (χ3n) is 5.96. The first-order valence-corrected chi connectivity index (χ1v) is 11.1. The van der Waals surface area contributed by atoms with E-state index in [-0.39, 0.29) is 12.5 Å². The molecular formula is C28H28N2O3. The van der Waals surface area contributed by atoms with Crippen LogP contribution in [-0.4, -0.2) is 23.1 Å². The van der Waals surface area contributed by atoms with Crippen LogP contribution in [0.4, 0.5) is 5.69 Å². The molecule has 5 nitrogen and oxygen atoms in total. The molecule has 0 saturated carbocycles. The number of amides is 1. The molecule has 2 aromatic carbocycles. The number of ether oxygens (including phenoxy) is 1. The molecule has 33 heavy (non-hydrogen) atoms. The van der Waals surface area contributed by atoms with Gasteiger partial charge in [0.25, 0.3) is 5.91 Å². The van der Waals surface area contributed by atoms with Crippen molar-refractivity contribution in [3.63, 3.8) is 0 Å². The number of rotatable bonds is 5. The molecule has 0 saturated heterocycles. The molecule has 0 radical (unpaired) electrons. The Morgan fingerprint density at radius 2 is 1.61 bits per heavy atom. The first kappa shape index (κ1) is 22.3. The van der Waals surface area contributed by atoms with Crippen LogP contribution in [0.3, 0.4) is 0 Å². The monoisotopic (exact) mass is 440 g/mol. The topological polar surface area (TPSA) is 51.5 Å². The highest BCUT2D eigenvalue weighted by Crippen LogP contribution is 2.36. The maximum Gasteiger partial charge on any atom is 0.340 e. The molecule has 0 fully saturated rings. The van der Waals surface area contributed by atoms with Crippen LogP contribution < -0.4 is 4.90 Å². The molecule has 1 aromatic heterocycles. The predicted molar refractivity (Wildman–Crippen MR) is 131 cm³/mol. The van der Waals surface area contributed by atoms with Gasteiger partial charge >= 0.3 is 5.97 Å². The minimum absolute atomic E-state index is 0.232. The van der Waals surface area contributed by atoms with Crippen molar-refractivity contribution in [1.82, 2.24) is 4.57 Å². The van der Waals surface area contributed by atoms with Crippen molar-refractivity contribution in [3.05, 3.63) is 100 Å². The molecule has 1 amide bonds. The molecule has 1 aliphatic heterocycles. The van der Waals surface area contributed by atoms with Crippen LogP contribution >= 0.6 is 0 Å². The lowest BCUT2D eigenvalue weighted by Gasteiger charge is -2.18. The van der Waals surface area contributed by atoms with Crippen molar-refractivity contribution in [2.24, 2.45) is 0 Å². The Balaban J connectivity index is 1.84. The molecule has 2 heterocycles. The summed E-state index contributed by atoms with van der Waals surface area (Å²) in [5, 5.41) is 0. The van der Waals surface area contributed by atoms with Crippen LogP contribution in [-0.2, 0) is 14.3 Å². The average Bonchev–Trinajstić information content (AvgIpc) is 3.21. The van der Waals surface area contributed by atoms with Crippen molar-refractivity contribution < 1.29 is 14.3 Å². The van der Waals surface area contributed by atoms with E-state index in [1.54, 1.807) is 18.7 Å². The molecule has 168 valence electrons. The number of aryl methyl sites for hydroxylation is 2. The summed E-state index contributed by atoms with van der Waals surface area (Å²) in [6.45, 7) is 9.84. The van der Waals surface area contributed by atoms with E-state index in [0.717, 1.165) is 33.9 Å². The molecule has 0 bridgehead atoms. The summed E-state index contributed by atoms with van der Waals surface area (Å²) in [6.07, 6.45) is 1.81. The molecular weight excluding hydrogens is 412 g/mol. The second kappa shape index (κ2) is 8.94. The van der Waals surface area contributed by atoms with Gasteiger partial charge in [-0.05, 0) is 76.6 Å². The van der Waals surface area contributed by atoms with Crippen LogP contribution in [0, 0.1) is 20.8 Å². The Labute approximate surface area is 194 Å². The van der Waals surface area contributed by atoms with Gasteiger partial charge in [0.15, 0.2) is 0 Å². The number of hydrogen-bond acceptors (Lipinski definition) is 3. The van der Waals surface area contributed by atoms with Crippen molar-refractivity contribution in [1.29, 1.82) is 0 Å². The van der Waals surface area contributed by atoms with E-state index in [1.165, 1.54) is 0 Å². The highest BCUT2D eigenvalue weighted by molar-refractivity contribution is 6.23. The number of benzene rings is 2. The number of para-hydroxylation sites is 1. The molecule has 0 unspecified atom stereocenters. The van der Waals surface area contributed by atoms with Gasteiger partial charge in [-0.3, -0.25) is 9.69 Å². The Bertz CT molecular complexity index is 1280. The second-order valence-corrected chi connectivity index (χ2v) is 8.21. The van der Waals surface area contributed by atoms with E-state index in [1.807, 2.05) is 87.5 Å². The van der Waals surface area contributed by atoms with Gasteiger partial charge in [0, 0.05) is 28.5 Å². The van der Waals surface area contributed by atoms with Crippen LogP contribution in [0.2, 0.25) is 0 Å². The summed E-state index contributed by atoms with van der Waals surface area (Å²) in [4.78, 5) is 28.1. The highest BCUT2D eigenvalue weighted by Gasteiger charge is 2.38. The van der Waals surface area contributed by atoms with Gasteiger partial charge in [-0.1, -0.05) is 35.9 Å². The molecule has 3 aromatic rings. The Hall–Kier alpha value is -3.86. The van der Waals surface area contributed by atoms with Gasteiger partial charge in [0.2, 0.25) is 0 Å². The fourth-order valence-corrected chi connectivity index (χ4v) is 4.35. The van der Waals surface area contributed by atoms with E-state index in [2.05, 4.69) is 4.57 Å². The fourth-order valence-electron chi connectivity index (χ4n) is 4.35. The lowest BCUT2D eigenvalue weighted by Crippen LogP contribution is -2.24. The zero-order chi connectivity index (χ0) is 23.7. The summed E-state index contributed by atoms with van der Waals surface area (Å²) in [5.74, 6) is -0.718. The van der Waals surface area contributed by atoms with Crippen LogP contribution in [0.25, 0.3) is 11.8 Å². The summed E-state index contributed by atoms with van der Waals surface area (Å²) in [5.41, 5.74) is 7.04. The van der Waals surface area contributed by atoms with Gasteiger partial charge in [-0.15, -0.1) is 0 Å². The third-order valence-corrected chi connectivity index (χ3v) is 5.96. The van der Waals surface area contributed by atoms with Crippen molar-refractivity contribution >= 4 is 23.6 Å². The maximum absolute atomic E-state index is 13.6. The lowest BCUT2D eigenvalue weighted by molar-refractivity contribution is -0.138. The van der Waals surface area contributed by atoms with E-state index in [9.17, 15) is 9.59 Å². The average molecular weight is 441 g/mol. The number of aromatic nitrogens is 1. The van der Waals surface area contributed by atoms with Crippen LogP contribution in [0.5, 0.6) is 0 Å². The number of hydrogen-bond donors (Lipinski definition) is 0. The molecule has 0 spiro atoms. The second-order valence-electron chi connectivity index (χ2n) is 8.21. The first-order valence-electron chi connectivity index (χ1n) is 11.1. The smallest absolute Gasteiger partial charge is 0.340 e. The quantitative estimate of drug-likeness (QED) is 0.379. The fraction of sp³-hybridized carbons (Fsp3) is 0.214. The van der Waals surface area contributed by atoms with Crippen molar-refractivity contribution in [2.75, 3.05) is 11.5 Å². The predicted octanol–water partition coefficient (Wildman–Crippen LogP) is 5.67. The number of carbonyl (C=O) groups excluding carboxylic acids is 2. The SMILES string of the molecule is CCOC(=O)C1=C(C)N(c2ccc(C)cc2)C(=O)/C1=C\c1cc(C)n(-c2ccccc2)c1C. The Morgan fingerprint density at radius 3 is 2.24 bits per heavy atom. The van der Waals surface area contributed by atoms with Gasteiger partial charge < -0.3 is 9.30 Å². The largest absolute Gasteiger partial charge is 0.462 e. The summed E-state index contributed by atoms with van der Waals surface area (Å²) in [7, 11) is 0. The number of esters is 1. The standard InChI is InChI=1S/C28H28N2O3/c1-6-33-28(32)26-21(5)30(24-14-12-18(2)13-15-24)27(31)25(26)17-22-16-19(3)29(20(22)4)23-10-8-7-9-11-23/h7-17H,6H2,1-5H3/b25-17-. The maximum atomic E-state index is 13.6. The normalized spacial score (nSPS) is 15.0. The summed E-state index contributed by atoms with van der Waals surface area (Å²) < 4.78 is 7.47. The van der Waals surface area contributed by atoms with Gasteiger partial charge in [0.05, 0.1) is 17.8 Å². The third kappa shape index (κ3) is 4.02. The van der Waals surface area contributed by atoms with Gasteiger partial charge in [-0.2, -0.15) is 0 Å². The minimum atomic E-state index is -0.485. The molecule has 0 atom stereocenters. The summed E-state index contributed by atoms with van der Waals surface area (Å²) in [6, 6.07) is 19.8. The molecule has 4 rings (SSSR count). The van der Waals surface area contributed by atoms with Crippen molar-refractivity contribution in [3.8, 4) is 5.69 Å². The van der Waals surface area contributed by atoms with Crippen molar-refractivity contribution in [2.45, 2.75) is 34.6 Å². The van der Waals surface area contributed by atoms with Crippen LogP contribution in [0.15, 0.2) is 77.5 Å². The lowest BCUT2D eigenvalue weighted by atomic mass is 10.0. The zero-order valence-corrected chi connectivity index (χ0v) is 19.7. The van der Waals surface area contributed by atoms with Gasteiger partial charge in [-0.25, -0.2) is 4.79 Å². The number of allylic oxidation sites excluding steroid dienone is 1. The molecule has 5 heteroatoms. The molecule has 0 aliphatic carbocycles. The number of carbonyl (C=O) groups is 2. The van der Waals surface area contributed by atoms with E-state index < -0.39 is 5.97 Å².